The minimum atomic E-state index is -3.30. The van der Waals surface area contributed by atoms with Gasteiger partial charge in [-0.1, -0.05) is 48.5 Å². The van der Waals surface area contributed by atoms with Crippen LogP contribution in [0.4, 0.5) is 0 Å². The van der Waals surface area contributed by atoms with Gasteiger partial charge in [-0.3, -0.25) is 4.79 Å². The molecule has 0 spiro atoms. The van der Waals surface area contributed by atoms with E-state index in [0.717, 1.165) is 28.8 Å². The van der Waals surface area contributed by atoms with Crippen LogP contribution in [-0.2, 0) is 16.4 Å². The molecule has 4 rings (SSSR count). The van der Waals surface area contributed by atoms with Crippen molar-refractivity contribution in [3.05, 3.63) is 102 Å². The quantitative estimate of drug-likeness (QED) is 0.502. The van der Waals surface area contributed by atoms with Gasteiger partial charge in [-0.25, -0.2) is 13.1 Å². The fraction of sp³-hybridized carbons (Fsp3) is 0.0833. The molecule has 0 atom stereocenters. The molecule has 6 nitrogen and oxygen atoms in total. The number of sulfone groups is 1. The third kappa shape index (κ3) is 4.73. The summed E-state index contributed by atoms with van der Waals surface area (Å²) in [6.07, 6.45) is 3.04. The van der Waals surface area contributed by atoms with E-state index >= 15 is 0 Å². The lowest BCUT2D eigenvalue weighted by Crippen LogP contribution is -2.22. The molecule has 0 saturated heterocycles. The van der Waals surface area contributed by atoms with Crippen molar-refractivity contribution in [2.75, 3.05) is 6.26 Å². The molecule has 1 N–H and O–H groups in total. The fourth-order valence-electron chi connectivity index (χ4n) is 3.22. The van der Waals surface area contributed by atoms with E-state index in [1.807, 2.05) is 66.9 Å². The highest BCUT2D eigenvalue weighted by molar-refractivity contribution is 7.90. The van der Waals surface area contributed by atoms with Crippen molar-refractivity contribution in [3.8, 4) is 16.9 Å². The summed E-state index contributed by atoms with van der Waals surface area (Å²) in [5.41, 5.74) is 3.94. The molecule has 31 heavy (non-hydrogen) atoms. The smallest absolute Gasteiger partial charge is 0.251 e. The Morgan fingerprint density at radius 3 is 2.13 bits per heavy atom. The second kappa shape index (κ2) is 8.57. The first-order valence-corrected chi connectivity index (χ1v) is 11.6. The predicted molar refractivity (Wildman–Crippen MR) is 120 cm³/mol. The molecule has 156 valence electrons. The maximum atomic E-state index is 12.6. The van der Waals surface area contributed by atoms with Gasteiger partial charge in [0.2, 0.25) is 0 Å². The van der Waals surface area contributed by atoms with Crippen molar-refractivity contribution in [3.63, 3.8) is 0 Å². The summed E-state index contributed by atoms with van der Waals surface area (Å²) in [5, 5.41) is 7.65. The summed E-state index contributed by atoms with van der Waals surface area (Å²) in [6, 6.07) is 25.5. The first-order chi connectivity index (χ1) is 14.9. The number of amides is 1. The molecule has 1 aromatic heterocycles. The molecule has 4 aromatic rings. The Labute approximate surface area is 181 Å². The summed E-state index contributed by atoms with van der Waals surface area (Å²) in [7, 11) is -3.30. The maximum Gasteiger partial charge on any atom is 0.251 e. The Hall–Kier alpha value is -3.71. The topological polar surface area (TPSA) is 81.1 Å². The van der Waals surface area contributed by atoms with Crippen LogP contribution in [0.1, 0.15) is 15.9 Å². The zero-order chi connectivity index (χ0) is 21.8. The number of aromatic nitrogens is 2. The average Bonchev–Trinajstić information content (AvgIpc) is 3.22. The highest BCUT2D eigenvalue weighted by Gasteiger charge is 2.14. The molecule has 0 fully saturated rings. The van der Waals surface area contributed by atoms with Crippen LogP contribution >= 0.6 is 0 Å². The summed E-state index contributed by atoms with van der Waals surface area (Å²) in [6.45, 7) is 0.281. The molecule has 0 saturated carbocycles. The van der Waals surface area contributed by atoms with E-state index in [0.29, 0.717) is 5.56 Å². The molecule has 0 unspecified atom stereocenters. The number of carbonyl (C=O) groups is 1. The van der Waals surface area contributed by atoms with Crippen molar-refractivity contribution >= 4 is 15.7 Å². The van der Waals surface area contributed by atoms with Crippen molar-refractivity contribution < 1.29 is 13.2 Å². The lowest BCUT2D eigenvalue weighted by Gasteiger charge is -2.06. The normalized spacial score (nSPS) is 11.3. The lowest BCUT2D eigenvalue weighted by molar-refractivity contribution is 0.0951. The Kier molecular flexibility index (Phi) is 5.68. The summed E-state index contributed by atoms with van der Waals surface area (Å²) >= 11 is 0. The Morgan fingerprint density at radius 1 is 0.903 bits per heavy atom. The SMILES string of the molecule is CS(=O)(=O)c1ccc(C(=O)NCc2cn(-c3ccccc3)nc2-c2ccccc2)cc1. The third-order valence-corrected chi connectivity index (χ3v) is 5.97. The molecule has 0 aliphatic rings. The zero-order valence-corrected chi connectivity index (χ0v) is 17.7. The van der Waals surface area contributed by atoms with Gasteiger partial charge in [0.25, 0.3) is 5.91 Å². The summed E-state index contributed by atoms with van der Waals surface area (Å²) in [5.74, 6) is -0.286. The highest BCUT2D eigenvalue weighted by atomic mass is 32.2. The second-order valence-electron chi connectivity index (χ2n) is 7.13. The van der Waals surface area contributed by atoms with Crippen molar-refractivity contribution in [2.45, 2.75) is 11.4 Å². The van der Waals surface area contributed by atoms with Gasteiger partial charge in [0.05, 0.1) is 16.3 Å². The predicted octanol–water partition coefficient (Wildman–Crippen LogP) is 3.87. The largest absolute Gasteiger partial charge is 0.348 e. The van der Waals surface area contributed by atoms with E-state index in [9.17, 15) is 13.2 Å². The molecule has 0 radical (unpaired) electrons. The molecule has 1 heterocycles. The van der Waals surface area contributed by atoms with E-state index in [2.05, 4.69) is 5.32 Å². The molecule has 0 aliphatic carbocycles. The maximum absolute atomic E-state index is 12.6. The van der Waals surface area contributed by atoms with Crippen LogP contribution in [0.25, 0.3) is 16.9 Å². The third-order valence-electron chi connectivity index (χ3n) is 4.84. The van der Waals surface area contributed by atoms with E-state index in [4.69, 9.17) is 5.10 Å². The number of nitrogens with one attached hydrogen (secondary N) is 1. The van der Waals surface area contributed by atoms with E-state index in [-0.39, 0.29) is 17.3 Å². The standard InChI is InChI=1S/C24H21N3O3S/c1-31(29,30)22-14-12-19(13-15-22)24(28)25-16-20-17-27(21-10-6-3-7-11-21)26-23(20)18-8-4-2-5-9-18/h2-15,17H,16H2,1H3,(H,25,28). The van der Waals surface area contributed by atoms with Gasteiger partial charge >= 0.3 is 0 Å². The summed E-state index contributed by atoms with van der Waals surface area (Å²) < 4.78 is 25.0. The molecular formula is C24H21N3O3S. The molecular weight excluding hydrogens is 410 g/mol. The monoisotopic (exact) mass is 431 g/mol. The number of carbonyl (C=O) groups excluding carboxylic acids is 1. The molecule has 0 aliphatic heterocycles. The Morgan fingerprint density at radius 2 is 1.52 bits per heavy atom. The first kappa shape index (κ1) is 20.6. The van der Waals surface area contributed by atoms with Crippen LogP contribution in [0, 0.1) is 0 Å². The zero-order valence-electron chi connectivity index (χ0n) is 16.9. The Bertz CT molecular complexity index is 1300. The van der Waals surface area contributed by atoms with Gasteiger partial charge < -0.3 is 5.32 Å². The highest BCUT2D eigenvalue weighted by Crippen LogP contribution is 2.23. The van der Waals surface area contributed by atoms with E-state index in [1.165, 1.54) is 24.3 Å². The van der Waals surface area contributed by atoms with Gasteiger partial charge in [0.15, 0.2) is 9.84 Å². The molecule has 1 amide bonds. The van der Waals surface area contributed by atoms with Crippen molar-refractivity contribution in [1.82, 2.24) is 15.1 Å². The number of hydrogen-bond acceptors (Lipinski definition) is 4. The van der Waals surface area contributed by atoms with Gasteiger partial charge in [-0.05, 0) is 36.4 Å². The Balaban J connectivity index is 1.59. The van der Waals surface area contributed by atoms with E-state index < -0.39 is 9.84 Å². The van der Waals surface area contributed by atoms with Gasteiger partial charge in [-0.2, -0.15) is 5.10 Å². The first-order valence-electron chi connectivity index (χ1n) is 9.69. The van der Waals surface area contributed by atoms with Crippen molar-refractivity contribution in [1.29, 1.82) is 0 Å². The second-order valence-corrected chi connectivity index (χ2v) is 9.14. The van der Waals surface area contributed by atoms with Crippen LogP contribution < -0.4 is 5.32 Å². The number of benzene rings is 3. The van der Waals surface area contributed by atoms with E-state index in [1.54, 1.807) is 4.68 Å². The minimum absolute atomic E-state index is 0.180. The van der Waals surface area contributed by atoms with Gasteiger partial charge in [0.1, 0.15) is 0 Å². The van der Waals surface area contributed by atoms with Crippen molar-refractivity contribution in [2.24, 2.45) is 0 Å². The fourth-order valence-corrected chi connectivity index (χ4v) is 3.85. The molecule has 0 bridgehead atoms. The molecule has 7 heteroatoms. The lowest BCUT2D eigenvalue weighted by atomic mass is 10.1. The van der Waals surface area contributed by atoms with Gasteiger partial charge in [0, 0.05) is 35.7 Å². The average molecular weight is 432 g/mol. The van der Waals surface area contributed by atoms with Gasteiger partial charge in [-0.15, -0.1) is 0 Å². The number of hydrogen-bond donors (Lipinski definition) is 1. The van der Waals surface area contributed by atoms with Crippen LogP contribution in [0.5, 0.6) is 0 Å². The van der Waals surface area contributed by atoms with Crippen LogP contribution in [0.15, 0.2) is 96.0 Å². The van der Waals surface area contributed by atoms with Crippen LogP contribution in [0.3, 0.4) is 0 Å². The number of nitrogens with zero attached hydrogens (tertiary/aromatic N) is 2. The number of para-hydroxylation sites is 1. The van der Waals surface area contributed by atoms with Crippen LogP contribution in [-0.4, -0.2) is 30.4 Å². The summed E-state index contributed by atoms with van der Waals surface area (Å²) in [4.78, 5) is 12.8. The molecule has 3 aromatic carbocycles. The van der Waals surface area contributed by atoms with Crippen LogP contribution in [0.2, 0.25) is 0 Å². The number of rotatable bonds is 6. The minimum Gasteiger partial charge on any atom is -0.348 e.